The summed E-state index contributed by atoms with van der Waals surface area (Å²) in [5.41, 5.74) is 2.22. The molecule has 4 rings (SSSR count). The van der Waals surface area contributed by atoms with Gasteiger partial charge in [0.15, 0.2) is 5.58 Å². The van der Waals surface area contributed by atoms with E-state index < -0.39 is 18.0 Å². The summed E-state index contributed by atoms with van der Waals surface area (Å²) in [7, 11) is 1.74. The number of benzene rings is 1. The maximum absolute atomic E-state index is 12.8. The topological polar surface area (TPSA) is 86.6 Å². The summed E-state index contributed by atoms with van der Waals surface area (Å²) in [6, 6.07) is 15.7. The maximum atomic E-state index is 12.8. The zero-order valence-electron chi connectivity index (χ0n) is 15.1. The van der Waals surface area contributed by atoms with Crippen molar-refractivity contribution in [2.45, 2.75) is 12.6 Å². The molecule has 0 aliphatic carbocycles. The third kappa shape index (κ3) is 3.42. The van der Waals surface area contributed by atoms with Gasteiger partial charge in [0.05, 0.1) is 24.6 Å². The highest BCUT2D eigenvalue weighted by Crippen LogP contribution is 2.24. The van der Waals surface area contributed by atoms with Crippen LogP contribution >= 0.6 is 0 Å². The number of esters is 1. The Morgan fingerprint density at radius 3 is 2.61 bits per heavy atom. The van der Waals surface area contributed by atoms with Gasteiger partial charge in [-0.15, -0.1) is 0 Å². The van der Waals surface area contributed by atoms with E-state index in [0.29, 0.717) is 22.6 Å². The molecule has 3 heterocycles. The summed E-state index contributed by atoms with van der Waals surface area (Å²) in [6.45, 7) is 0.198. The molecule has 28 heavy (non-hydrogen) atoms. The molecule has 142 valence electrons. The molecule has 0 fully saturated rings. The monoisotopic (exact) mass is 378 g/mol. The first kappa shape index (κ1) is 17.7. The van der Waals surface area contributed by atoms with Crippen molar-refractivity contribution in [3.05, 3.63) is 84.1 Å². The highest BCUT2D eigenvalue weighted by Gasteiger charge is 2.27. The number of nitrogens with zero attached hydrogens (tertiary/aromatic N) is 1. The molecule has 0 unspecified atom stereocenters. The molecular weight excluding hydrogens is 360 g/mol. The van der Waals surface area contributed by atoms with Crippen LogP contribution in [-0.2, 0) is 23.1 Å². The van der Waals surface area contributed by atoms with Crippen molar-refractivity contribution in [1.29, 1.82) is 0 Å². The van der Waals surface area contributed by atoms with Crippen molar-refractivity contribution in [1.82, 2.24) is 9.88 Å². The molecule has 7 heteroatoms. The number of aromatic nitrogens is 1. The number of hydrogen-bond donors (Lipinski definition) is 1. The molecule has 0 radical (unpaired) electrons. The van der Waals surface area contributed by atoms with Crippen molar-refractivity contribution >= 4 is 23.0 Å². The number of ether oxygens (including phenoxy) is 1. The molecule has 1 aromatic carbocycles. The van der Waals surface area contributed by atoms with Crippen LogP contribution in [0.2, 0.25) is 0 Å². The van der Waals surface area contributed by atoms with Crippen LogP contribution in [-0.4, -0.2) is 16.4 Å². The Morgan fingerprint density at radius 2 is 1.89 bits per heavy atom. The Bertz CT molecular complexity index is 1090. The molecule has 1 atom stereocenters. The van der Waals surface area contributed by atoms with Gasteiger partial charge in [0, 0.05) is 24.7 Å². The lowest BCUT2D eigenvalue weighted by Gasteiger charge is -2.18. The second-order valence-corrected chi connectivity index (χ2v) is 6.25. The van der Waals surface area contributed by atoms with Crippen molar-refractivity contribution in [2.24, 2.45) is 7.05 Å². The fraction of sp³-hybridized carbons (Fsp3) is 0.143. The summed E-state index contributed by atoms with van der Waals surface area (Å²) in [5.74, 6) is -0.445. The van der Waals surface area contributed by atoms with Gasteiger partial charge in [0.25, 0.3) is 5.91 Å². The SMILES string of the molecule is Cn1c(C(=O)O[C@@H](C(=O)NCc2ccco2)c2ccccc2)cc2occc21. The third-order valence-corrected chi connectivity index (χ3v) is 4.46. The fourth-order valence-corrected chi connectivity index (χ4v) is 2.99. The smallest absolute Gasteiger partial charge is 0.356 e. The zero-order valence-corrected chi connectivity index (χ0v) is 15.1. The number of amides is 1. The number of carbonyl (C=O) groups excluding carboxylic acids is 2. The normalized spacial score (nSPS) is 12.0. The summed E-state index contributed by atoms with van der Waals surface area (Å²) >= 11 is 0. The Balaban J connectivity index is 1.56. The van der Waals surface area contributed by atoms with Gasteiger partial charge in [0.2, 0.25) is 6.10 Å². The van der Waals surface area contributed by atoms with Gasteiger partial charge in [-0.05, 0) is 12.1 Å². The minimum Gasteiger partial charge on any atom is -0.467 e. The van der Waals surface area contributed by atoms with E-state index in [-0.39, 0.29) is 6.54 Å². The quantitative estimate of drug-likeness (QED) is 0.518. The number of fused-ring (bicyclic) bond motifs is 1. The van der Waals surface area contributed by atoms with Gasteiger partial charge in [-0.1, -0.05) is 30.3 Å². The van der Waals surface area contributed by atoms with Crippen LogP contribution in [0.15, 0.2) is 76.0 Å². The minimum absolute atomic E-state index is 0.198. The van der Waals surface area contributed by atoms with Gasteiger partial charge >= 0.3 is 5.97 Å². The second-order valence-electron chi connectivity index (χ2n) is 6.25. The Labute approximate surface area is 160 Å². The van der Waals surface area contributed by atoms with Crippen LogP contribution in [0.3, 0.4) is 0 Å². The third-order valence-electron chi connectivity index (χ3n) is 4.46. The summed E-state index contributed by atoms with van der Waals surface area (Å²) in [4.78, 5) is 25.5. The molecule has 0 saturated carbocycles. The first-order chi connectivity index (χ1) is 13.6. The van der Waals surface area contributed by atoms with Crippen molar-refractivity contribution in [3.8, 4) is 0 Å². The molecule has 4 aromatic rings. The number of nitrogens with one attached hydrogen (secondary N) is 1. The van der Waals surface area contributed by atoms with Crippen LogP contribution in [0.4, 0.5) is 0 Å². The van der Waals surface area contributed by atoms with Gasteiger partial charge in [-0.3, -0.25) is 4.79 Å². The Morgan fingerprint density at radius 1 is 1.07 bits per heavy atom. The van der Waals surface area contributed by atoms with Gasteiger partial charge < -0.3 is 23.5 Å². The Hall–Kier alpha value is -3.74. The van der Waals surface area contributed by atoms with Gasteiger partial charge in [-0.25, -0.2) is 4.79 Å². The van der Waals surface area contributed by atoms with Crippen LogP contribution < -0.4 is 5.32 Å². The minimum atomic E-state index is -1.09. The molecule has 0 bridgehead atoms. The van der Waals surface area contributed by atoms with Crippen LogP contribution in [0.5, 0.6) is 0 Å². The standard InChI is InChI=1S/C21H18N2O5/c1-23-16-9-11-27-18(16)12-17(23)21(25)28-19(14-6-3-2-4-7-14)20(24)22-13-15-8-5-10-26-15/h2-12,19H,13H2,1H3,(H,22,24)/t19-/m1/s1. The average Bonchev–Trinajstić information content (AvgIpc) is 3.44. The number of hydrogen-bond acceptors (Lipinski definition) is 5. The highest BCUT2D eigenvalue weighted by molar-refractivity contribution is 5.95. The van der Waals surface area contributed by atoms with E-state index in [2.05, 4.69) is 5.32 Å². The average molecular weight is 378 g/mol. The lowest BCUT2D eigenvalue weighted by atomic mass is 10.1. The molecule has 1 amide bonds. The predicted octanol–water partition coefficient (Wildman–Crippen LogP) is 3.58. The molecule has 3 aromatic heterocycles. The molecule has 0 aliphatic heterocycles. The number of furan rings is 2. The number of aryl methyl sites for hydroxylation is 1. The fourth-order valence-electron chi connectivity index (χ4n) is 2.99. The van der Waals surface area contributed by atoms with E-state index in [1.165, 1.54) is 6.26 Å². The lowest BCUT2D eigenvalue weighted by Crippen LogP contribution is -2.32. The largest absolute Gasteiger partial charge is 0.467 e. The van der Waals surface area contributed by atoms with Crippen LogP contribution in [0.25, 0.3) is 11.1 Å². The number of carbonyl (C=O) groups is 2. The maximum Gasteiger partial charge on any atom is 0.356 e. The molecular formula is C21H18N2O5. The van der Waals surface area contributed by atoms with E-state index in [9.17, 15) is 9.59 Å². The summed E-state index contributed by atoms with van der Waals surface area (Å²) in [6.07, 6.45) is 1.99. The highest BCUT2D eigenvalue weighted by atomic mass is 16.5. The van der Waals surface area contributed by atoms with E-state index >= 15 is 0 Å². The molecule has 7 nitrogen and oxygen atoms in total. The summed E-state index contributed by atoms with van der Waals surface area (Å²) in [5, 5.41) is 2.74. The van der Waals surface area contributed by atoms with Crippen LogP contribution in [0, 0.1) is 0 Å². The molecule has 0 saturated heterocycles. The van der Waals surface area contributed by atoms with Crippen LogP contribution in [0.1, 0.15) is 27.9 Å². The number of rotatable bonds is 6. The van der Waals surface area contributed by atoms with E-state index in [0.717, 1.165) is 5.52 Å². The summed E-state index contributed by atoms with van der Waals surface area (Å²) < 4.78 is 17.8. The van der Waals surface area contributed by atoms with Crippen molar-refractivity contribution in [2.75, 3.05) is 0 Å². The van der Waals surface area contributed by atoms with E-state index in [1.54, 1.807) is 66.4 Å². The predicted molar refractivity (Wildman–Crippen MR) is 100 cm³/mol. The van der Waals surface area contributed by atoms with Crippen molar-refractivity contribution < 1.29 is 23.2 Å². The second kappa shape index (κ2) is 7.48. The zero-order chi connectivity index (χ0) is 19.5. The first-order valence-corrected chi connectivity index (χ1v) is 8.72. The lowest BCUT2D eigenvalue weighted by molar-refractivity contribution is -0.130. The first-order valence-electron chi connectivity index (χ1n) is 8.72. The van der Waals surface area contributed by atoms with Crippen molar-refractivity contribution in [3.63, 3.8) is 0 Å². The Kier molecular flexibility index (Phi) is 4.72. The van der Waals surface area contributed by atoms with E-state index in [4.69, 9.17) is 13.6 Å². The molecule has 0 aliphatic rings. The van der Waals surface area contributed by atoms with Gasteiger partial charge in [0.1, 0.15) is 11.5 Å². The van der Waals surface area contributed by atoms with Gasteiger partial charge in [-0.2, -0.15) is 0 Å². The molecule has 1 N–H and O–H groups in total. The molecule has 0 spiro atoms. The van der Waals surface area contributed by atoms with E-state index in [1.807, 2.05) is 6.07 Å².